The lowest BCUT2D eigenvalue weighted by Gasteiger charge is -2.24. The molecule has 0 aliphatic carbocycles. The highest BCUT2D eigenvalue weighted by Gasteiger charge is 2.05. The molecule has 2 rings (SSSR count). The van der Waals surface area contributed by atoms with Crippen LogP contribution in [0.2, 0.25) is 0 Å². The summed E-state index contributed by atoms with van der Waals surface area (Å²) in [6.45, 7) is 23.0. The molecule has 1 heterocycles. The zero-order valence-corrected chi connectivity index (χ0v) is 23.2. The minimum atomic E-state index is 0.591. The molecule has 1 saturated heterocycles. The maximum atomic E-state index is 10.2. The van der Waals surface area contributed by atoms with Crippen molar-refractivity contribution in [2.24, 2.45) is 0 Å². The van der Waals surface area contributed by atoms with E-state index in [9.17, 15) is 4.79 Å². The molecule has 34 heavy (non-hydrogen) atoms. The Labute approximate surface area is 210 Å². The smallest absolute Gasteiger partial charge is 0.122 e. The number of hydrogen-bond acceptors (Lipinski definition) is 5. The highest BCUT2D eigenvalue weighted by atomic mass is 16.5. The molecule has 0 radical (unpaired) electrons. The van der Waals surface area contributed by atoms with Crippen molar-refractivity contribution in [2.45, 2.75) is 74.7 Å². The number of ether oxygens (including phenoxy) is 3. The molecular weight excluding hydrogens is 426 g/mol. The molecule has 1 fully saturated rings. The molecule has 0 unspecified atom stereocenters. The van der Waals surface area contributed by atoms with E-state index in [1.165, 1.54) is 12.1 Å². The predicted octanol–water partition coefficient (Wildman–Crippen LogP) is 6.78. The minimum absolute atomic E-state index is 0.591. The van der Waals surface area contributed by atoms with E-state index in [4.69, 9.17) is 14.2 Å². The SMILES string of the molecule is C/C=C\C=C(/CC)OCC.CC.CCN1CCOCC1.CCOc1ccc(CCC=O)cc1C. The van der Waals surface area contributed by atoms with Crippen molar-refractivity contribution in [3.8, 4) is 5.75 Å². The van der Waals surface area contributed by atoms with Crippen molar-refractivity contribution >= 4 is 6.29 Å². The fraction of sp³-hybridized carbons (Fsp3) is 0.621. The summed E-state index contributed by atoms with van der Waals surface area (Å²) in [5.41, 5.74) is 2.33. The molecule has 1 aliphatic rings. The molecule has 1 aliphatic heterocycles. The molecule has 0 N–H and O–H groups in total. The monoisotopic (exact) mass is 477 g/mol. The lowest BCUT2D eigenvalue weighted by atomic mass is 10.1. The summed E-state index contributed by atoms with van der Waals surface area (Å²) in [6.07, 6.45) is 9.32. The standard InChI is InChI=1S/C12H16O2.C9H16O.C6H13NO.C2H6/c1-3-14-12-7-6-11(5-4-8-13)9-10(12)2;1-4-7-8-9(5-2)10-6-3;1-2-7-3-5-8-6-4-7;1-2/h6-9H,3-5H2,1-2H3;4,7-8H,5-6H2,1-3H3;2-6H2,1H3;1-2H3/b;7-4-,9-8+;;. The van der Waals surface area contributed by atoms with Crippen LogP contribution in [0, 0.1) is 6.92 Å². The largest absolute Gasteiger partial charge is 0.498 e. The molecule has 0 spiro atoms. The Morgan fingerprint density at radius 1 is 1.09 bits per heavy atom. The van der Waals surface area contributed by atoms with E-state index < -0.39 is 0 Å². The number of hydrogen-bond donors (Lipinski definition) is 0. The Morgan fingerprint density at radius 2 is 1.76 bits per heavy atom. The number of nitrogens with zero attached hydrogens (tertiary/aromatic N) is 1. The Balaban J connectivity index is 0. The highest BCUT2D eigenvalue weighted by Crippen LogP contribution is 2.19. The van der Waals surface area contributed by atoms with Gasteiger partial charge in [-0.1, -0.05) is 52.0 Å². The van der Waals surface area contributed by atoms with Gasteiger partial charge in [-0.25, -0.2) is 0 Å². The number of allylic oxidation sites excluding steroid dienone is 4. The van der Waals surface area contributed by atoms with Crippen LogP contribution < -0.4 is 4.74 Å². The van der Waals surface area contributed by atoms with E-state index in [-0.39, 0.29) is 0 Å². The maximum Gasteiger partial charge on any atom is 0.122 e. The Hall–Kier alpha value is -2.11. The predicted molar refractivity (Wildman–Crippen MR) is 146 cm³/mol. The molecule has 0 amide bonds. The van der Waals surface area contributed by atoms with Crippen molar-refractivity contribution in [3.05, 3.63) is 53.3 Å². The van der Waals surface area contributed by atoms with Crippen LogP contribution in [0.15, 0.2) is 42.2 Å². The van der Waals surface area contributed by atoms with Crippen molar-refractivity contribution in [1.29, 1.82) is 0 Å². The van der Waals surface area contributed by atoms with Crippen LogP contribution in [0.1, 0.15) is 72.4 Å². The van der Waals surface area contributed by atoms with E-state index in [0.717, 1.165) is 69.1 Å². The fourth-order valence-corrected chi connectivity index (χ4v) is 2.98. The summed E-state index contributed by atoms with van der Waals surface area (Å²) in [7, 11) is 0. The Morgan fingerprint density at radius 3 is 2.21 bits per heavy atom. The molecule has 5 nitrogen and oxygen atoms in total. The molecule has 0 atom stereocenters. The van der Waals surface area contributed by atoms with Gasteiger partial charge < -0.3 is 19.0 Å². The zero-order chi connectivity index (χ0) is 26.0. The summed E-state index contributed by atoms with van der Waals surface area (Å²) in [5, 5.41) is 0. The van der Waals surface area contributed by atoms with Crippen molar-refractivity contribution < 1.29 is 19.0 Å². The molecule has 0 bridgehead atoms. The van der Waals surface area contributed by atoms with E-state index >= 15 is 0 Å². The van der Waals surface area contributed by atoms with Crippen LogP contribution in [0.4, 0.5) is 0 Å². The Kier molecular flexibility index (Phi) is 25.6. The molecule has 1 aromatic carbocycles. The molecule has 0 saturated carbocycles. The number of likely N-dealkylation sites (N-methyl/N-ethyl adjacent to an activating group) is 1. The van der Waals surface area contributed by atoms with Gasteiger partial charge in [0.15, 0.2) is 0 Å². The summed E-state index contributed by atoms with van der Waals surface area (Å²) in [6, 6.07) is 6.06. The van der Waals surface area contributed by atoms with Crippen LogP contribution in [-0.2, 0) is 20.7 Å². The first-order valence-corrected chi connectivity index (χ1v) is 13.0. The second-order valence-electron chi connectivity index (χ2n) is 7.23. The number of aryl methyl sites for hydroxylation is 2. The van der Waals surface area contributed by atoms with Gasteiger partial charge >= 0.3 is 0 Å². The second kappa shape index (κ2) is 25.5. The maximum absolute atomic E-state index is 10.2. The third-order valence-corrected chi connectivity index (χ3v) is 4.79. The molecular formula is C29H51NO4. The number of benzene rings is 1. The number of morpholine rings is 1. The van der Waals surface area contributed by atoms with Gasteiger partial charge in [0.05, 0.1) is 32.2 Å². The number of aldehydes is 1. The normalized spacial score (nSPS) is 13.5. The number of carbonyl (C=O) groups is 1. The molecule has 1 aromatic rings. The average Bonchev–Trinajstić information content (AvgIpc) is 2.89. The minimum Gasteiger partial charge on any atom is -0.498 e. The van der Waals surface area contributed by atoms with Crippen LogP contribution >= 0.6 is 0 Å². The zero-order valence-electron chi connectivity index (χ0n) is 23.2. The molecule has 5 heteroatoms. The van der Waals surface area contributed by atoms with Gasteiger partial charge in [0.25, 0.3) is 0 Å². The van der Waals surface area contributed by atoms with Gasteiger partial charge in [-0.2, -0.15) is 0 Å². The van der Waals surface area contributed by atoms with Crippen LogP contribution in [-0.4, -0.2) is 57.2 Å². The van der Waals surface area contributed by atoms with E-state index in [1.807, 2.05) is 71.9 Å². The summed E-state index contributed by atoms with van der Waals surface area (Å²) < 4.78 is 15.9. The average molecular weight is 478 g/mol. The van der Waals surface area contributed by atoms with E-state index in [2.05, 4.69) is 24.8 Å². The Bertz CT molecular complexity index is 650. The van der Waals surface area contributed by atoms with Crippen molar-refractivity contribution in [1.82, 2.24) is 4.90 Å². The fourth-order valence-electron chi connectivity index (χ4n) is 2.98. The summed E-state index contributed by atoms with van der Waals surface area (Å²) >= 11 is 0. The summed E-state index contributed by atoms with van der Waals surface area (Å²) in [5.74, 6) is 1.99. The van der Waals surface area contributed by atoms with E-state index in [1.54, 1.807) is 0 Å². The van der Waals surface area contributed by atoms with Gasteiger partial charge in [-0.15, -0.1) is 0 Å². The lowest BCUT2D eigenvalue weighted by Crippen LogP contribution is -2.35. The molecule has 196 valence electrons. The van der Waals surface area contributed by atoms with Gasteiger partial charge in [0, 0.05) is 25.9 Å². The quantitative estimate of drug-likeness (QED) is 0.211. The van der Waals surface area contributed by atoms with Crippen molar-refractivity contribution in [3.63, 3.8) is 0 Å². The third kappa shape index (κ3) is 18.3. The van der Waals surface area contributed by atoms with Crippen LogP contribution in [0.3, 0.4) is 0 Å². The lowest BCUT2D eigenvalue weighted by molar-refractivity contribution is -0.107. The highest BCUT2D eigenvalue weighted by molar-refractivity contribution is 5.50. The van der Waals surface area contributed by atoms with Crippen LogP contribution in [0.25, 0.3) is 0 Å². The van der Waals surface area contributed by atoms with E-state index in [0.29, 0.717) is 13.0 Å². The number of carbonyl (C=O) groups excluding carboxylic acids is 1. The van der Waals surface area contributed by atoms with Gasteiger partial charge in [0.2, 0.25) is 0 Å². The molecule has 0 aromatic heterocycles. The topological polar surface area (TPSA) is 48.0 Å². The first-order valence-electron chi connectivity index (χ1n) is 13.0. The van der Waals surface area contributed by atoms with Gasteiger partial charge in [0.1, 0.15) is 12.0 Å². The first-order chi connectivity index (χ1) is 16.6. The second-order valence-corrected chi connectivity index (χ2v) is 7.23. The van der Waals surface area contributed by atoms with Crippen LogP contribution in [0.5, 0.6) is 5.75 Å². The third-order valence-electron chi connectivity index (χ3n) is 4.79. The first kappa shape index (κ1) is 34.1. The van der Waals surface area contributed by atoms with Crippen molar-refractivity contribution in [2.75, 3.05) is 46.1 Å². The van der Waals surface area contributed by atoms with Gasteiger partial charge in [-0.3, -0.25) is 4.90 Å². The number of rotatable bonds is 10. The van der Waals surface area contributed by atoms with Gasteiger partial charge in [-0.05, 0) is 63.9 Å². The summed E-state index contributed by atoms with van der Waals surface area (Å²) in [4.78, 5) is 12.6.